The number of hydrogen-bond acceptors (Lipinski definition) is 3. The number of alkyl halides is 3. The van der Waals surface area contributed by atoms with Gasteiger partial charge in [-0.25, -0.2) is 0 Å². The topological polar surface area (TPSA) is 38.5 Å². The summed E-state index contributed by atoms with van der Waals surface area (Å²) >= 11 is 0. The van der Waals surface area contributed by atoms with Gasteiger partial charge in [0.15, 0.2) is 0 Å². The number of nitrogens with zero attached hydrogens (tertiary/aromatic N) is 1. The number of para-hydroxylation sites is 1. The Morgan fingerprint density at radius 2 is 1.85 bits per heavy atom. The Balaban J connectivity index is 2.83. The number of ether oxygens (including phenoxy) is 1. The lowest BCUT2D eigenvalue weighted by atomic mass is 10.1. The van der Waals surface area contributed by atoms with Gasteiger partial charge >= 0.3 is 6.18 Å². The molecule has 0 saturated carbocycles. The molecule has 114 valence electrons. The first-order chi connectivity index (χ1) is 9.24. The van der Waals surface area contributed by atoms with Gasteiger partial charge in [-0.1, -0.05) is 18.2 Å². The molecule has 0 aliphatic carbocycles. The predicted molar refractivity (Wildman–Crippen MR) is 72.7 cm³/mol. The van der Waals surface area contributed by atoms with Crippen molar-refractivity contribution in [1.29, 1.82) is 0 Å². The quantitative estimate of drug-likeness (QED) is 0.875. The first-order valence-electron chi connectivity index (χ1n) is 6.44. The molecule has 1 atom stereocenters. The average molecular weight is 290 g/mol. The lowest BCUT2D eigenvalue weighted by Crippen LogP contribution is -2.43. The molecule has 0 bridgehead atoms. The average Bonchev–Trinajstić information content (AvgIpc) is 2.36. The van der Waals surface area contributed by atoms with Gasteiger partial charge in [0.05, 0.1) is 13.7 Å². The first kappa shape index (κ1) is 16.8. The summed E-state index contributed by atoms with van der Waals surface area (Å²) in [6.45, 7) is 2.60. The van der Waals surface area contributed by atoms with E-state index in [0.29, 0.717) is 11.3 Å². The molecule has 0 spiro atoms. The van der Waals surface area contributed by atoms with Crippen LogP contribution >= 0.6 is 0 Å². The van der Waals surface area contributed by atoms with Crippen molar-refractivity contribution in [3.8, 4) is 5.75 Å². The monoisotopic (exact) mass is 290 g/mol. The van der Waals surface area contributed by atoms with Crippen molar-refractivity contribution in [3.63, 3.8) is 0 Å². The van der Waals surface area contributed by atoms with Gasteiger partial charge in [-0.15, -0.1) is 0 Å². The molecular formula is C14H21F3N2O. The van der Waals surface area contributed by atoms with Crippen LogP contribution in [0.5, 0.6) is 5.75 Å². The minimum atomic E-state index is -4.23. The molecule has 6 heteroatoms. The molecule has 1 aromatic carbocycles. The van der Waals surface area contributed by atoms with Crippen LogP contribution in [-0.2, 0) is 0 Å². The molecule has 20 heavy (non-hydrogen) atoms. The van der Waals surface area contributed by atoms with E-state index in [0.717, 1.165) is 0 Å². The van der Waals surface area contributed by atoms with Crippen molar-refractivity contribution in [2.24, 2.45) is 5.73 Å². The molecule has 0 fully saturated rings. The lowest BCUT2D eigenvalue weighted by Gasteiger charge is -2.30. The van der Waals surface area contributed by atoms with Crippen LogP contribution in [0.2, 0.25) is 0 Å². The van der Waals surface area contributed by atoms with Crippen LogP contribution in [0.4, 0.5) is 13.2 Å². The summed E-state index contributed by atoms with van der Waals surface area (Å²) in [5.74, 6) is 0.593. The molecule has 1 aromatic rings. The molecule has 0 aliphatic heterocycles. The Bertz CT molecular complexity index is 421. The van der Waals surface area contributed by atoms with E-state index in [1.54, 1.807) is 38.1 Å². The Morgan fingerprint density at radius 3 is 2.35 bits per heavy atom. The summed E-state index contributed by atoms with van der Waals surface area (Å²) in [4.78, 5) is 1.32. The third kappa shape index (κ3) is 5.02. The van der Waals surface area contributed by atoms with Gasteiger partial charge in [-0.2, -0.15) is 13.2 Å². The second kappa shape index (κ2) is 6.95. The van der Waals surface area contributed by atoms with E-state index >= 15 is 0 Å². The molecular weight excluding hydrogens is 269 g/mol. The lowest BCUT2D eigenvalue weighted by molar-refractivity contribution is -0.150. The Morgan fingerprint density at radius 1 is 1.25 bits per heavy atom. The zero-order valence-electron chi connectivity index (χ0n) is 11.9. The predicted octanol–water partition coefficient (Wildman–Crippen LogP) is 2.97. The third-order valence-electron chi connectivity index (χ3n) is 3.08. The van der Waals surface area contributed by atoms with Crippen LogP contribution in [0.25, 0.3) is 0 Å². The maximum atomic E-state index is 12.6. The summed E-state index contributed by atoms with van der Waals surface area (Å²) < 4.78 is 42.9. The Kier molecular flexibility index (Phi) is 5.83. The molecule has 3 nitrogen and oxygen atoms in total. The maximum absolute atomic E-state index is 12.6. The number of rotatable bonds is 6. The van der Waals surface area contributed by atoms with Gasteiger partial charge in [0.1, 0.15) is 5.75 Å². The first-order valence-corrected chi connectivity index (χ1v) is 6.44. The SMILES string of the molecule is COc1ccccc1C(N)CN(CC(F)(F)F)C(C)C. The minimum Gasteiger partial charge on any atom is -0.496 e. The van der Waals surface area contributed by atoms with E-state index < -0.39 is 18.8 Å². The van der Waals surface area contributed by atoms with Gasteiger partial charge in [0.2, 0.25) is 0 Å². The molecule has 1 rings (SSSR count). The van der Waals surface area contributed by atoms with Crippen LogP contribution in [-0.4, -0.2) is 37.3 Å². The molecule has 0 saturated heterocycles. The van der Waals surface area contributed by atoms with E-state index in [9.17, 15) is 13.2 Å². The van der Waals surface area contributed by atoms with Crippen LogP contribution in [0.15, 0.2) is 24.3 Å². The molecule has 0 aliphatic rings. The highest BCUT2D eigenvalue weighted by Crippen LogP contribution is 2.25. The molecule has 0 aromatic heterocycles. The molecule has 0 radical (unpaired) electrons. The van der Waals surface area contributed by atoms with E-state index in [4.69, 9.17) is 10.5 Å². The Hall–Kier alpha value is -1.27. The van der Waals surface area contributed by atoms with Crippen molar-refractivity contribution in [2.45, 2.75) is 32.1 Å². The number of nitrogens with two attached hydrogens (primary N) is 1. The highest BCUT2D eigenvalue weighted by Gasteiger charge is 2.32. The van der Waals surface area contributed by atoms with Crippen LogP contribution in [0.3, 0.4) is 0 Å². The highest BCUT2D eigenvalue weighted by molar-refractivity contribution is 5.35. The molecule has 1 unspecified atom stereocenters. The summed E-state index contributed by atoms with van der Waals surface area (Å²) in [5, 5.41) is 0. The number of hydrogen-bond donors (Lipinski definition) is 1. The van der Waals surface area contributed by atoms with Gasteiger partial charge in [-0.05, 0) is 19.9 Å². The standard InChI is InChI=1S/C14H21F3N2O/c1-10(2)19(9-14(15,16)17)8-12(18)11-6-4-5-7-13(11)20-3/h4-7,10,12H,8-9,18H2,1-3H3. The zero-order valence-corrected chi connectivity index (χ0v) is 11.9. The fourth-order valence-electron chi connectivity index (χ4n) is 2.01. The number of halogens is 3. The van der Waals surface area contributed by atoms with Crippen molar-refractivity contribution in [3.05, 3.63) is 29.8 Å². The number of benzene rings is 1. The highest BCUT2D eigenvalue weighted by atomic mass is 19.4. The molecule has 0 heterocycles. The summed E-state index contributed by atoms with van der Waals surface area (Å²) in [6, 6.07) is 6.34. The smallest absolute Gasteiger partial charge is 0.401 e. The summed E-state index contributed by atoms with van der Waals surface area (Å²) in [7, 11) is 1.52. The molecule has 0 amide bonds. The van der Waals surface area contributed by atoms with E-state index in [2.05, 4.69) is 0 Å². The van der Waals surface area contributed by atoms with Gasteiger partial charge in [0, 0.05) is 24.2 Å². The maximum Gasteiger partial charge on any atom is 0.401 e. The van der Waals surface area contributed by atoms with E-state index in [1.165, 1.54) is 12.0 Å². The summed E-state index contributed by atoms with van der Waals surface area (Å²) in [6.07, 6.45) is -4.23. The fourth-order valence-corrected chi connectivity index (χ4v) is 2.01. The zero-order chi connectivity index (χ0) is 15.3. The van der Waals surface area contributed by atoms with E-state index in [1.807, 2.05) is 0 Å². The third-order valence-corrected chi connectivity index (χ3v) is 3.08. The fraction of sp³-hybridized carbons (Fsp3) is 0.571. The van der Waals surface area contributed by atoms with E-state index in [-0.39, 0.29) is 12.6 Å². The van der Waals surface area contributed by atoms with Crippen molar-refractivity contribution < 1.29 is 17.9 Å². The van der Waals surface area contributed by atoms with Gasteiger partial charge in [0.25, 0.3) is 0 Å². The van der Waals surface area contributed by atoms with Gasteiger partial charge < -0.3 is 10.5 Å². The summed E-state index contributed by atoms with van der Waals surface area (Å²) in [5.41, 5.74) is 6.75. The van der Waals surface area contributed by atoms with Crippen LogP contribution < -0.4 is 10.5 Å². The normalized spacial score (nSPS) is 13.8. The van der Waals surface area contributed by atoms with Crippen LogP contribution in [0.1, 0.15) is 25.5 Å². The minimum absolute atomic E-state index is 0.123. The second-order valence-electron chi connectivity index (χ2n) is 4.99. The van der Waals surface area contributed by atoms with Crippen molar-refractivity contribution in [2.75, 3.05) is 20.2 Å². The van der Waals surface area contributed by atoms with Crippen LogP contribution in [0, 0.1) is 0 Å². The second-order valence-corrected chi connectivity index (χ2v) is 4.99. The van der Waals surface area contributed by atoms with Gasteiger partial charge in [-0.3, -0.25) is 4.90 Å². The van der Waals surface area contributed by atoms with Crippen molar-refractivity contribution in [1.82, 2.24) is 4.90 Å². The Labute approximate surface area is 117 Å². The number of methoxy groups -OCH3 is 1. The van der Waals surface area contributed by atoms with Crippen molar-refractivity contribution >= 4 is 0 Å². The molecule has 2 N–H and O–H groups in total. The largest absolute Gasteiger partial charge is 0.496 e.